The number of benzene rings is 2. The van der Waals surface area contributed by atoms with E-state index >= 15 is 0 Å². The molecule has 0 amide bonds. The Hall–Kier alpha value is -4.04. The fourth-order valence-electron chi connectivity index (χ4n) is 5.20. The lowest BCUT2D eigenvalue weighted by Gasteiger charge is -2.29. The summed E-state index contributed by atoms with van der Waals surface area (Å²) in [5.41, 5.74) is 3.54. The summed E-state index contributed by atoms with van der Waals surface area (Å²) in [5, 5.41) is 5.87. The number of pyridine rings is 1. The monoisotopic (exact) mass is 511 g/mol. The Kier molecular flexibility index (Phi) is 7.79. The van der Waals surface area contributed by atoms with Crippen LogP contribution in [-0.2, 0) is 9.59 Å². The number of rotatable bonds is 9. The highest BCUT2D eigenvalue weighted by Gasteiger charge is 2.32. The van der Waals surface area contributed by atoms with Gasteiger partial charge in [0.1, 0.15) is 23.3 Å². The van der Waals surface area contributed by atoms with Gasteiger partial charge in [-0.1, -0.05) is 24.3 Å². The highest BCUT2D eigenvalue weighted by Crippen LogP contribution is 2.36. The van der Waals surface area contributed by atoms with Gasteiger partial charge in [0.25, 0.3) is 0 Å². The Morgan fingerprint density at radius 3 is 2.58 bits per heavy atom. The van der Waals surface area contributed by atoms with Crippen LogP contribution in [0.4, 0.5) is 5.69 Å². The van der Waals surface area contributed by atoms with Crippen LogP contribution in [-0.4, -0.2) is 64.5 Å². The summed E-state index contributed by atoms with van der Waals surface area (Å²) in [7, 11) is 1.69. The molecule has 0 saturated carbocycles. The topological polar surface area (TPSA) is 80.6 Å². The van der Waals surface area contributed by atoms with Gasteiger partial charge in [-0.3, -0.25) is 14.7 Å². The SMILES string of the molecule is COc1ccc2cccnc2c1N1CCCN(C(C(=O)CCC(C)=O)c2ccn(-c3ccccc3)n2)CC1. The van der Waals surface area contributed by atoms with E-state index in [0.717, 1.165) is 47.5 Å². The fraction of sp³-hybridized carbons (Fsp3) is 0.333. The first-order valence-corrected chi connectivity index (χ1v) is 13.1. The number of ketones is 2. The van der Waals surface area contributed by atoms with Gasteiger partial charge in [0.15, 0.2) is 5.78 Å². The highest BCUT2D eigenvalue weighted by molar-refractivity contribution is 5.94. The summed E-state index contributed by atoms with van der Waals surface area (Å²) in [6, 6.07) is 19.3. The molecule has 1 unspecified atom stereocenters. The predicted molar refractivity (Wildman–Crippen MR) is 148 cm³/mol. The fourth-order valence-corrected chi connectivity index (χ4v) is 5.20. The third-order valence-electron chi connectivity index (χ3n) is 7.08. The summed E-state index contributed by atoms with van der Waals surface area (Å²) >= 11 is 0. The number of carbonyl (C=O) groups is 2. The van der Waals surface area contributed by atoms with E-state index in [9.17, 15) is 9.59 Å². The molecule has 0 N–H and O–H groups in total. The van der Waals surface area contributed by atoms with Crippen LogP contribution in [0, 0.1) is 0 Å². The first-order chi connectivity index (χ1) is 18.5. The Morgan fingerprint density at radius 1 is 0.947 bits per heavy atom. The number of fused-ring (bicyclic) bond motifs is 1. The van der Waals surface area contributed by atoms with Crippen LogP contribution in [0.2, 0.25) is 0 Å². The number of nitrogens with zero attached hydrogens (tertiary/aromatic N) is 5. The Bertz CT molecular complexity index is 1420. The summed E-state index contributed by atoms with van der Waals surface area (Å²) in [5.74, 6) is 0.834. The smallest absolute Gasteiger partial charge is 0.156 e. The van der Waals surface area contributed by atoms with Crippen molar-refractivity contribution in [1.29, 1.82) is 0 Å². The largest absolute Gasteiger partial charge is 0.494 e. The maximum Gasteiger partial charge on any atom is 0.156 e. The average molecular weight is 512 g/mol. The van der Waals surface area contributed by atoms with E-state index in [2.05, 4.69) is 20.9 Å². The van der Waals surface area contributed by atoms with Crippen LogP contribution in [0.5, 0.6) is 5.75 Å². The van der Waals surface area contributed by atoms with E-state index < -0.39 is 6.04 Å². The molecule has 5 rings (SSSR count). The van der Waals surface area contributed by atoms with Crippen molar-refractivity contribution in [3.63, 3.8) is 0 Å². The molecule has 1 atom stereocenters. The molecule has 2 aromatic heterocycles. The average Bonchev–Trinajstić information content (AvgIpc) is 3.30. The lowest BCUT2D eigenvalue weighted by Crippen LogP contribution is -2.38. The molecular formula is C30H33N5O3. The molecule has 0 aliphatic carbocycles. The summed E-state index contributed by atoms with van der Waals surface area (Å²) < 4.78 is 7.54. The number of para-hydroxylation sites is 1. The maximum absolute atomic E-state index is 13.5. The minimum atomic E-state index is -0.508. The number of carbonyl (C=O) groups excluding carboxylic acids is 2. The molecule has 1 aliphatic heterocycles. The molecule has 8 heteroatoms. The minimum Gasteiger partial charge on any atom is -0.494 e. The second kappa shape index (κ2) is 11.6. The predicted octanol–water partition coefficient (Wildman–Crippen LogP) is 4.62. The zero-order valence-corrected chi connectivity index (χ0v) is 21.9. The molecule has 0 bridgehead atoms. The molecule has 3 heterocycles. The molecule has 1 saturated heterocycles. The van der Waals surface area contributed by atoms with Gasteiger partial charge in [0, 0.05) is 56.8 Å². The number of methoxy groups -OCH3 is 1. The van der Waals surface area contributed by atoms with Crippen molar-refractivity contribution in [3.05, 3.63) is 78.8 Å². The van der Waals surface area contributed by atoms with Crippen molar-refractivity contribution >= 4 is 28.2 Å². The molecule has 2 aromatic carbocycles. The Morgan fingerprint density at radius 2 is 1.79 bits per heavy atom. The first kappa shape index (κ1) is 25.6. The van der Waals surface area contributed by atoms with Gasteiger partial charge < -0.3 is 14.4 Å². The van der Waals surface area contributed by atoms with Crippen molar-refractivity contribution in [3.8, 4) is 11.4 Å². The second-order valence-corrected chi connectivity index (χ2v) is 9.66. The number of hydrogen-bond acceptors (Lipinski definition) is 7. The molecule has 1 fully saturated rings. The molecular weight excluding hydrogens is 478 g/mol. The van der Waals surface area contributed by atoms with Gasteiger partial charge in [0.2, 0.25) is 0 Å². The van der Waals surface area contributed by atoms with Crippen molar-refractivity contribution in [2.75, 3.05) is 38.2 Å². The van der Waals surface area contributed by atoms with Crippen molar-refractivity contribution in [2.45, 2.75) is 32.2 Å². The van der Waals surface area contributed by atoms with Crippen LogP contribution in [0.25, 0.3) is 16.6 Å². The summed E-state index contributed by atoms with van der Waals surface area (Å²) in [4.78, 5) is 34.4. The molecule has 0 radical (unpaired) electrons. The van der Waals surface area contributed by atoms with E-state index in [1.54, 1.807) is 11.8 Å². The van der Waals surface area contributed by atoms with Gasteiger partial charge in [-0.2, -0.15) is 5.10 Å². The van der Waals surface area contributed by atoms with E-state index in [1.165, 1.54) is 6.92 Å². The maximum atomic E-state index is 13.5. The molecule has 0 spiro atoms. The Labute approximate surface area is 222 Å². The Balaban J connectivity index is 1.43. The quantitative estimate of drug-likeness (QED) is 0.324. The van der Waals surface area contributed by atoms with Crippen molar-refractivity contribution in [2.24, 2.45) is 0 Å². The van der Waals surface area contributed by atoms with Crippen molar-refractivity contribution in [1.82, 2.24) is 19.7 Å². The minimum absolute atomic E-state index is 0.0181. The van der Waals surface area contributed by atoms with Crippen molar-refractivity contribution < 1.29 is 14.3 Å². The first-order valence-electron chi connectivity index (χ1n) is 13.1. The molecule has 8 nitrogen and oxygen atoms in total. The third kappa shape index (κ3) is 5.45. The van der Waals surface area contributed by atoms with E-state index in [4.69, 9.17) is 9.84 Å². The zero-order valence-electron chi connectivity index (χ0n) is 21.9. The van der Waals surface area contributed by atoms with Crippen LogP contribution in [0.3, 0.4) is 0 Å². The number of ether oxygens (including phenoxy) is 1. The van der Waals surface area contributed by atoms with E-state index in [-0.39, 0.29) is 24.4 Å². The summed E-state index contributed by atoms with van der Waals surface area (Å²) in [6.45, 7) is 4.46. The lowest BCUT2D eigenvalue weighted by molar-refractivity contribution is -0.127. The number of anilines is 1. The van der Waals surface area contributed by atoms with Crippen LogP contribution in [0.1, 0.15) is 37.9 Å². The van der Waals surface area contributed by atoms with Gasteiger partial charge in [-0.25, -0.2) is 4.68 Å². The van der Waals surface area contributed by atoms with Gasteiger partial charge in [-0.15, -0.1) is 0 Å². The molecule has 38 heavy (non-hydrogen) atoms. The summed E-state index contributed by atoms with van der Waals surface area (Å²) in [6.07, 6.45) is 5.02. The van der Waals surface area contributed by atoms with E-state index in [0.29, 0.717) is 18.8 Å². The zero-order chi connectivity index (χ0) is 26.5. The van der Waals surface area contributed by atoms with Crippen LogP contribution in [0.15, 0.2) is 73.1 Å². The van der Waals surface area contributed by atoms with Gasteiger partial charge in [0.05, 0.1) is 24.0 Å². The van der Waals surface area contributed by atoms with Crippen LogP contribution >= 0.6 is 0 Å². The number of hydrogen-bond donors (Lipinski definition) is 0. The third-order valence-corrected chi connectivity index (χ3v) is 7.08. The van der Waals surface area contributed by atoms with E-state index in [1.807, 2.05) is 67.0 Å². The van der Waals surface area contributed by atoms with Crippen LogP contribution < -0.4 is 9.64 Å². The molecule has 1 aliphatic rings. The number of Topliss-reactive ketones (excluding diaryl/α,β-unsaturated/α-hetero) is 2. The molecule has 196 valence electrons. The second-order valence-electron chi connectivity index (χ2n) is 9.66. The highest BCUT2D eigenvalue weighted by atomic mass is 16.5. The molecule has 4 aromatic rings. The van der Waals surface area contributed by atoms with Gasteiger partial charge in [-0.05, 0) is 49.7 Å². The standard InChI is InChI=1S/C30H33N5O3/c1-22(36)11-13-26(37)29(25-15-19-35(32-25)24-9-4-3-5-10-24)33-17-7-18-34(21-20-33)30-27(38-2)14-12-23-8-6-16-31-28(23)30/h3-6,8-10,12,14-16,19,29H,7,11,13,17-18,20-21H2,1-2H3. The lowest BCUT2D eigenvalue weighted by atomic mass is 10.0. The normalized spacial score (nSPS) is 15.3. The van der Waals surface area contributed by atoms with Gasteiger partial charge >= 0.3 is 0 Å². The number of aromatic nitrogens is 3.